The maximum atomic E-state index is 12.8. The molecular weight excluding hydrogens is 628 g/mol. The number of rotatable bonds is 13. The smallest absolute Gasteiger partial charge is 0.348 e. The van der Waals surface area contributed by atoms with Crippen LogP contribution in [0.4, 0.5) is 10.7 Å². The Morgan fingerprint density at radius 2 is 1.74 bits per heavy atom. The van der Waals surface area contributed by atoms with E-state index in [1.54, 1.807) is 18.4 Å². The molecular formula is C25H28N4O11S3. The van der Waals surface area contributed by atoms with Gasteiger partial charge in [-0.2, -0.15) is 4.99 Å². The fraction of sp³-hybridized carbons (Fsp3) is 0.400. The molecule has 2 heterocycles. The zero-order chi connectivity index (χ0) is 31.9. The molecule has 0 spiro atoms. The van der Waals surface area contributed by atoms with Crippen LogP contribution in [0.25, 0.3) is 10.2 Å². The average Bonchev–Trinajstić information content (AvgIpc) is 3.42. The van der Waals surface area contributed by atoms with Crippen LogP contribution in [0.5, 0.6) is 0 Å². The van der Waals surface area contributed by atoms with Gasteiger partial charge in [-0.15, -0.1) is 11.3 Å². The zero-order valence-corrected chi connectivity index (χ0v) is 26.0. The number of thiazole rings is 1. The Morgan fingerprint density at radius 1 is 1.07 bits per heavy atom. The number of esters is 2. The summed E-state index contributed by atoms with van der Waals surface area (Å²) in [6.45, 7) is 5.16. The number of anilines is 1. The molecule has 0 bridgehead atoms. The van der Waals surface area contributed by atoms with Crippen LogP contribution >= 0.6 is 22.7 Å². The number of sulfone groups is 1. The molecule has 0 aliphatic heterocycles. The van der Waals surface area contributed by atoms with Crippen LogP contribution in [-0.4, -0.2) is 80.1 Å². The summed E-state index contributed by atoms with van der Waals surface area (Å²) in [6, 6.07) is 4.11. The molecule has 0 fully saturated rings. The van der Waals surface area contributed by atoms with E-state index in [9.17, 15) is 37.7 Å². The van der Waals surface area contributed by atoms with Crippen molar-refractivity contribution in [3.63, 3.8) is 0 Å². The Labute approximate surface area is 253 Å². The number of non-ortho nitro benzene ring substituents is 1. The number of methoxy groups -OCH3 is 1. The van der Waals surface area contributed by atoms with Gasteiger partial charge in [-0.05, 0) is 32.4 Å². The van der Waals surface area contributed by atoms with Crippen molar-refractivity contribution in [3.8, 4) is 0 Å². The molecule has 15 nitrogen and oxygen atoms in total. The summed E-state index contributed by atoms with van der Waals surface area (Å²) < 4.78 is 42.6. The molecule has 18 heteroatoms. The molecule has 1 N–H and O–H groups in total. The van der Waals surface area contributed by atoms with Gasteiger partial charge in [-0.3, -0.25) is 19.7 Å². The van der Waals surface area contributed by atoms with E-state index in [0.717, 1.165) is 22.7 Å². The highest BCUT2D eigenvalue weighted by Crippen LogP contribution is 2.34. The number of amides is 2. The van der Waals surface area contributed by atoms with Crippen LogP contribution in [0.15, 0.2) is 23.2 Å². The van der Waals surface area contributed by atoms with E-state index < -0.39 is 50.0 Å². The molecule has 2 aromatic heterocycles. The minimum atomic E-state index is -4.35. The Balaban J connectivity index is 1.84. The van der Waals surface area contributed by atoms with Crippen molar-refractivity contribution in [3.05, 3.63) is 49.1 Å². The standard InChI is InChI=1S/C25H28N4O11S3/c1-5-39-23(32)20-14(3)21(24(33)40-6-2)42-22(20)26-18(30)12-43(36,37)13-19(31)27-25-28(9-10-38-4)16-8-7-15(29(34)35)11-17(16)41-25/h7-8,11H,5-6,9-10,12-13H2,1-4H3,(H,26,30). The van der Waals surface area contributed by atoms with Gasteiger partial charge in [-0.1, -0.05) is 11.3 Å². The summed E-state index contributed by atoms with van der Waals surface area (Å²) in [5.41, 5.74) is 0.453. The molecule has 1 aromatic carbocycles. The molecule has 2 amide bonds. The van der Waals surface area contributed by atoms with Crippen molar-refractivity contribution in [2.45, 2.75) is 27.3 Å². The minimum Gasteiger partial charge on any atom is -0.462 e. The van der Waals surface area contributed by atoms with E-state index in [1.165, 1.54) is 32.2 Å². The average molecular weight is 657 g/mol. The normalized spacial score (nSPS) is 11.9. The van der Waals surface area contributed by atoms with E-state index >= 15 is 0 Å². The van der Waals surface area contributed by atoms with Gasteiger partial charge in [-0.25, -0.2) is 18.0 Å². The van der Waals surface area contributed by atoms with Gasteiger partial charge in [0.1, 0.15) is 21.4 Å². The van der Waals surface area contributed by atoms with Crippen LogP contribution in [0.2, 0.25) is 0 Å². The highest BCUT2D eigenvalue weighted by atomic mass is 32.2. The third kappa shape index (κ3) is 8.31. The van der Waals surface area contributed by atoms with Gasteiger partial charge >= 0.3 is 11.9 Å². The summed E-state index contributed by atoms with van der Waals surface area (Å²) in [4.78, 5) is 64.9. The van der Waals surface area contributed by atoms with Gasteiger partial charge in [0.2, 0.25) is 5.91 Å². The second-order valence-electron chi connectivity index (χ2n) is 8.73. The predicted octanol–water partition coefficient (Wildman–Crippen LogP) is 2.46. The van der Waals surface area contributed by atoms with E-state index in [-0.39, 0.29) is 57.9 Å². The summed E-state index contributed by atoms with van der Waals surface area (Å²) >= 11 is 1.68. The van der Waals surface area contributed by atoms with Crippen LogP contribution in [0.1, 0.15) is 39.4 Å². The van der Waals surface area contributed by atoms with Crippen LogP contribution in [0.3, 0.4) is 0 Å². The molecule has 0 saturated heterocycles. The Morgan fingerprint density at radius 3 is 2.37 bits per heavy atom. The predicted molar refractivity (Wildman–Crippen MR) is 157 cm³/mol. The molecule has 43 heavy (non-hydrogen) atoms. The lowest BCUT2D eigenvalue weighted by molar-refractivity contribution is -0.384. The molecule has 0 aliphatic carbocycles. The van der Waals surface area contributed by atoms with Crippen molar-refractivity contribution in [2.24, 2.45) is 4.99 Å². The maximum absolute atomic E-state index is 12.8. The first-order valence-corrected chi connectivity index (χ1v) is 16.1. The number of nitro benzene ring substituents is 1. The van der Waals surface area contributed by atoms with Crippen LogP contribution < -0.4 is 10.1 Å². The number of fused-ring (bicyclic) bond motifs is 1. The Kier molecular flexibility index (Phi) is 11.3. The summed E-state index contributed by atoms with van der Waals surface area (Å²) in [7, 11) is -2.88. The number of aromatic nitrogens is 1. The molecule has 3 rings (SSSR count). The lowest BCUT2D eigenvalue weighted by atomic mass is 10.1. The summed E-state index contributed by atoms with van der Waals surface area (Å²) in [5, 5.41) is 13.4. The van der Waals surface area contributed by atoms with Gasteiger partial charge < -0.3 is 24.1 Å². The van der Waals surface area contributed by atoms with Gasteiger partial charge in [0.15, 0.2) is 14.6 Å². The first-order chi connectivity index (χ1) is 20.3. The minimum absolute atomic E-state index is 0.0123. The fourth-order valence-corrected chi connectivity index (χ4v) is 7.07. The number of benzene rings is 1. The largest absolute Gasteiger partial charge is 0.462 e. The van der Waals surface area contributed by atoms with Crippen LogP contribution in [0, 0.1) is 17.0 Å². The third-order valence-corrected chi connectivity index (χ3v) is 9.27. The number of carbonyl (C=O) groups is 4. The first-order valence-electron chi connectivity index (χ1n) is 12.6. The molecule has 0 radical (unpaired) electrons. The number of hydrogen-bond donors (Lipinski definition) is 1. The van der Waals surface area contributed by atoms with Crippen molar-refractivity contribution in [1.29, 1.82) is 0 Å². The number of nitro groups is 1. The Hall–Kier alpha value is -4.00. The maximum Gasteiger partial charge on any atom is 0.348 e. The van der Waals surface area contributed by atoms with Crippen molar-refractivity contribution in [2.75, 3.05) is 43.8 Å². The SMILES string of the molecule is CCOC(=O)c1sc(NC(=O)CS(=O)(=O)CC(=O)N=c2sc3cc([N+](=O)[O-])ccc3n2CCOC)c(C(=O)OCC)c1C. The molecule has 0 unspecified atom stereocenters. The van der Waals surface area contributed by atoms with Crippen molar-refractivity contribution in [1.82, 2.24) is 4.57 Å². The topological polar surface area (TPSA) is 203 Å². The van der Waals surface area contributed by atoms with Gasteiger partial charge in [0.05, 0.1) is 40.5 Å². The quantitative estimate of drug-likeness (QED) is 0.161. The monoisotopic (exact) mass is 656 g/mol. The number of hydrogen-bond acceptors (Lipinski definition) is 13. The van der Waals surface area contributed by atoms with Crippen LogP contribution in [-0.2, 0) is 40.2 Å². The molecule has 3 aromatic rings. The van der Waals surface area contributed by atoms with Crippen molar-refractivity contribution >= 4 is 77.2 Å². The molecule has 232 valence electrons. The van der Waals surface area contributed by atoms with Gasteiger partial charge in [0.25, 0.3) is 11.6 Å². The number of nitrogens with one attached hydrogen (secondary N) is 1. The van der Waals surface area contributed by atoms with E-state index in [4.69, 9.17) is 14.2 Å². The highest BCUT2D eigenvalue weighted by Gasteiger charge is 2.29. The summed E-state index contributed by atoms with van der Waals surface area (Å²) in [5.74, 6) is -5.90. The lowest BCUT2D eigenvalue weighted by Gasteiger charge is -2.07. The fourth-order valence-electron chi connectivity index (χ4n) is 3.84. The lowest BCUT2D eigenvalue weighted by Crippen LogP contribution is -2.28. The molecule has 0 aliphatic rings. The van der Waals surface area contributed by atoms with E-state index in [2.05, 4.69) is 10.3 Å². The van der Waals surface area contributed by atoms with Gasteiger partial charge in [0, 0.05) is 25.8 Å². The summed E-state index contributed by atoms with van der Waals surface area (Å²) in [6.07, 6.45) is 0. The number of nitrogens with zero attached hydrogens (tertiary/aromatic N) is 3. The second kappa shape index (κ2) is 14.5. The number of ether oxygens (including phenoxy) is 3. The molecule has 0 atom stereocenters. The Bertz CT molecular complexity index is 1750. The van der Waals surface area contributed by atoms with E-state index in [1.807, 2.05) is 0 Å². The zero-order valence-electron chi connectivity index (χ0n) is 23.5. The number of thiophene rings is 1. The number of carbonyl (C=O) groups excluding carboxylic acids is 4. The highest BCUT2D eigenvalue weighted by molar-refractivity contribution is 7.92. The second-order valence-corrected chi connectivity index (χ2v) is 12.8. The molecule has 0 saturated carbocycles. The van der Waals surface area contributed by atoms with Crippen molar-refractivity contribution < 1.29 is 46.7 Å². The third-order valence-electron chi connectivity index (χ3n) is 5.65. The van der Waals surface area contributed by atoms with E-state index in [0.29, 0.717) is 10.2 Å². The first kappa shape index (κ1) is 33.5.